The summed E-state index contributed by atoms with van der Waals surface area (Å²) < 4.78 is 0. The van der Waals surface area contributed by atoms with Gasteiger partial charge in [-0.1, -0.05) is 36.4 Å². The summed E-state index contributed by atoms with van der Waals surface area (Å²) in [5, 5.41) is 5.95. The van der Waals surface area contributed by atoms with Gasteiger partial charge in [0, 0.05) is 24.5 Å². The number of benzene rings is 2. The maximum Gasteiger partial charge on any atom is 0.238 e. The molecule has 1 unspecified atom stereocenters. The molecule has 2 aliphatic heterocycles. The fourth-order valence-electron chi connectivity index (χ4n) is 3.91. The van der Waals surface area contributed by atoms with Crippen LogP contribution in [0.1, 0.15) is 17.5 Å². The summed E-state index contributed by atoms with van der Waals surface area (Å²) >= 11 is 0. The topological polar surface area (TPSA) is 61.4 Å². The van der Waals surface area contributed by atoms with Gasteiger partial charge >= 0.3 is 0 Å². The van der Waals surface area contributed by atoms with Crippen LogP contribution in [0.2, 0.25) is 0 Å². The van der Waals surface area contributed by atoms with Gasteiger partial charge in [-0.15, -0.1) is 0 Å². The third-order valence-corrected chi connectivity index (χ3v) is 5.26. The molecule has 1 spiro atoms. The van der Waals surface area contributed by atoms with Crippen LogP contribution in [0.25, 0.3) is 0 Å². The van der Waals surface area contributed by atoms with Gasteiger partial charge in [-0.3, -0.25) is 14.5 Å². The molecule has 2 aromatic rings. The van der Waals surface area contributed by atoms with E-state index < -0.39 is 5.41 Å². The van der Waals surface area contributed by atoms with Crippen molar-refractivity contribution in [1.29, 1.82) is 0 Å². The second-order valence-corrected chi connectivity index (χ2v) is 6.91. The van der Waals surface area contributed by atoms with Gasteiger partial charge in [0.05, 0.1) is 12.0 Å². The number of aryl methyl sites for hydroxylation is 1. The minimum Gasteiger partial charge on any atom is -0.325 e. The first-order valence-electron chi connectivity index (χ1n) is 8.57. The Hall–Kier alpha value is -2.66. The zero-order valence-electron chi connectivity index (χ0n) is 14.2. The van der Waals surface area contributed by atoms with Crippen molar-refractivity contribution in [2.45, 2.75) is 18.8 Å². The lowest BCUT2D eigenvalue weighted by atomic mass is 9.81. The van der Waals surface area contributed by atoms with Crippen LogP contribution in [0.3, 0.4) is 0 Å². The predicted octanol–water partition coefficient (Wildman–Crippen LogP) is 2.53. The van der Waals surface area contributed by atoms with Crippen LogP contribution in [0.15, 0.2) is 48.5 Å². The molecule has 25 heavy (non-hydrogen) atoms. The lowest BCUT2D eigenvalue weighted by molar-refractivity contribution is -0.121. The lowest BCUT2D eigenvalue weighted by Crippen LogP contribution is -2.39. The number of carbonyl (C=O) groups is 2. The molecule has 5 heteroatoms. The Morgan fingerprint density at radius 2 is 1.96 bits per heavy atom. The summed E-state index contributed by atoms with van der Waals surface area (Å²) in [4.78, 5) is 27.0. The van der Waals surface area contributed by atoms with Crippen LogP contribution in [-0.4, -0.2) is 36.3 Å². The number of nitrogens with one attached hydrogen (secondary N) is 2. The van der Waals surface area contributed by atoms with Gasteiger partial charge in [0.2, 0.25) is 11.8 Å². The summed E-state index contributed by atoms with van der Waals surface area (Å²) in [6.45, 7) is 3.59. The third-order valence-electron chi connectivity index (χ3n) is 5.26. The predicted molar refractivity (Wildman–Crippen MR) is 97.6 cm³/mol. The normalized spacial score (nSPS) is 22.0. The molecule has 0 saturated carbocycles. The number of hydrogen-bond acceptors (Lipinski definition) is 3. The number of hydrogen-bond donors (Lipinski definition) is 2. The highest BCUT2D eigenvalue weighted by Crippen LogP contribution is 2.43. The van der Waals surface area contributed by atoms with Gasteiger partial charge in [0.15, 0.2) is 0 Å². The smallest absolute Gasteiger partial charge is 0.238 e. The molecule has 1 atom stereocenters. The summed E-state index contributed by atoms with van der Waals surface area (Å²) in [7, 11) is 0. The summed E-state index contributed by atoms with van der Waals surface area (Å²) in [5.74, 6) is 0.00792. The molecule has 0 radical (unpaired) electrons. The number of fused-ring (bicyclic) bond motifs is 2. The summed E-state index contributed by atoms with van der Waals surface area (Å²) in [6.07, 6.45) is 0.744. The highest BCUT2D eigenvalue weighted by molar-refractivity contribution is 6.06. The zero-order valence-corrected chi connectivity index (χ0v) is 14.2. The van der Waals surface area contributed by atoms with Crippen LogP contribution in [0.4, 0.5) is 11.4 Å². The first kappa shape index (κ1) is 15.8. The van der Waals surface area contributed by atoms with Gasteiger partial charge in [-0.05, 0) is 36.6 Å². The van der Waals surface area contributed by atoms with E-state index in [2.05, 4.69) is 15.5 Å². The number of nitrogens with zero attached hydrogens (tertiary/aromatic N) is 1. The van der Waals surface area contributed by atoms with Crippen LogP contribution in [0, 0.1) is 6.92 Å². The fraction of sp³-hybridized carbons (Fsp3) is 0.300. The van der Waals surface area contributed by atoms with Gasteiger partial charge in [-0.25, -0.2) is 0 Å². The Morgan fingerprint density at radius 3 is 2.80 bits per heavy atom. The molecule has 1 fully saturated rings. The average molecular weight is 335 g/mol. The molecule has 1 saturated heterocycles. The van der Waals surface area contributed by atoms with E-state index in [1.54, 1.807) is 0 Å². The van der Waals surface area contributed by atoms with Crippen molar-refractivity contribution in [2.75, 3.05) is 30.3 Å². The van der Waals surface area contributed by atoms with Crippen molar-refractivity contribution in [3.63, 3.8) is 0 Å². The largest absolute Gasteiger partial charge is 0.325 e. The number of para-hydroxylation sites is 2. The van der Waals surface area contributed by atoms with Gasteiger partial charge in [0.25, 0.3) is 0 Å². The minimum absolute atomic E-state index is 0.0435. The molecule has 0 aromatic heterocycles. The zero-order chi connectivity index (χ0) is 17.4. The van der Waals surface area contributed by atoms with Crippen LogP contribution >= 0.6 is 0 Å². The van der Waals surface area contributed by atoms with E-state index in [1.807, 2.05) is 55.5 Å². The van der Waals surface area contributed by atoms with Crippen molar-refractivity contribution in [3.05, 3.63) is 59.7 Å². The fourth-order valence-corrected chi connectivity index (χ4v) is 3.91. The molecule has 2 aliphatic rings. The molecular formula is C20H21N3O2. The molecule has 2 N–H and O–H groups in total. The van der Waals surface area contributed by atoms with Crippen LogP contribution in [0.5, 0.6) is 0 Å². The van der Waals surface area contributed by atoms with E-state index in [1.165, 1.54) is 0 Å². The molecular weight excluding hydrogens is 314 g/mol. The summed E-state index contributed by atoms with van der Waals surface area (Å²) in [6, 6.07) is 15.6. The van der Waals surface area contributed by atoms with E-state index in [4.69, 9.17) is 0 Å². The minimum atomic E-state index is -0.514. The Kier molecular flexibility index (Phi) is 3.81. The first-order valence-corrected chi connectivity index (χ1v) is 8.57. The molecule has 5 nitrogen and oxygen atoms in total. The molecule has 2 heterocycles. The van der Waals surface area contributed by atoms with Gasteiger partial charge in [0.1, 0.15) is 0 Å². The van der Waals surface area contributed by atoms with Crippen LogP contribution in [-0.2, 0) is 15.0 Å². The van der Waals surface area contributed by atoms with Gasteiger partial charge in [-0.2, -0.15) is 0 Å². The molecule has 4 rings (SSSR count). The molecule has 2 aromatic carbocycles. The van der Waals surface area contributed by atoms with Crippen molar-refractivity contribution in [2.24, 2.45) is 0 Å². The highest BCUT2D eigenvalue weighted by Gasteiger charge is 2.50. The number of anilines is 2. The van der Waals surface area contributed by atoms with E-state index in [0.717, 1.165) is 35.5 Å². The maximum absolute atomic E-state index is 12.6. The third kappa shape index (κ3) is 2.70. The van der Waals surface area contributed by atoms with Gasteiger partial charge < -0.3 is 10.6 Å². The quantitative estimate of drug-likeness (QED) is 0.906. The second-order valence-electron chi connectivity index (χ2n) is 6.91. The monoisotopic (exact) mass is 335 g/mol. The highest BCUT2D eigenvalue weighted by atomic mass is 16.2. The molecule has 0 bridgehead atoms. The van der Waals surface area contributed by atoms with Crippen LogP contribution < -0.4 is 10.6 Å². The van der Waals surface area contributed by atoms with E-state index >= 15 is 0 Å². The Bertz CT molecular complexity index is 848. The maximum atomic E-state index is 12.6. The standard InChI is InChI=1S/C20H21N3O2/c1-14-6-2-4-8-16(14)21-18(24)12-23-11-10-20(13-23)15-7-3-5-9-17(15)22-19(20)25/h2-9H,10-13H2,1H3,(H,21,24)(H,22,25). The molecule has 128 valence electrons. The van der Waals surface area contributed by atoms with Crippen molar-refractivity contribution >= 4 is 23.2 Å². The molecule has 2 amide bonds. The Morgan fingerprint density at radius 1 is 1.20 bits per heavy atom. The van der Waals surface area contributed by atoms with Crippen molar-refractivity contribution in [3.8, 4) is 0 Å². The SMILES string of the molecule is Cc1ccccc1NC(=O)CN1CCC2(C1)C(=O)Nc1ccccc12. The first-order chi connectivity index (χ1) is 12.1. The lowest BCUT2D eigenvalue weighted by Gasteiger charge is -2.22. The number of amides is 2. The van der Waals surface area contributed by atoms with E-state index in [0.29, 0.717) is 13.1 Å². The Balaban J connectivity index is 1.46. The summed E-state index contributed by atoms with van der Waals surface area (Å²) in [5.41, 5.74) is 3.32. The second kappa shape index (κ2) is 6.01. The number of carbonyl (C=O) groups excluding carboxylic acids is 2. The van der Waals surface area contributed by atoms with E-state index in [-0.39, 0.29) is 11.8 Å². The average Bonchev–Trinajstić information content (AvgIpc) is 3.13. The van der Waals surface area contributed by atoms with Crippen molar-refractivity contribution in [1.82, 2.24) is 4.90 Å². The Labute approximate surface area is 147 Å². The number of rotatable bonds is 3. The van der Waals surface area contributed by atoms with Crippen molar-refractivity contribution < 1.29 is 9.59 Å². The number of likely N-dealkylation sites (tertiary alicyclic amines) is 1. The molecule has 0 aliphatic carbocycles. The van der Waals surface area contributed by atoms with E-state index in [9.17, 15) is 9.59 Å².